The molecule has 1 aromatic carbocycles. The van der Waals surface area contributed by atoms with Crippen LogP contribution in [-0.4, -0.2) is 80.4 Å². The molecule has 1 aliphatic carbocycles. The summed E-state index contributed by atoms with van der Waals surface area (Å²) in [4.78, 5) is 31.5. The Labute approximate surface area is 180 Å². The van der Waals surface area contributed by atoms with Crippen LogP contribution in [-0.2, 0) is 16.1 Å². The van der Waals surface area contributed by atoms with Gasteiger partial charge in [-0.25, -0.2) is 0 Å². The summed E-state index contributed by atoms with van der Waals surface area (Å²) >= 11 is 0. The first-order valence-electron chi connectivity index (χ1n) is 10.9. The monoisotopic (exact) mass is 416 g/mol. The molecule has 0 aromatic heterocycles. The number of piperidine rings is 1. The van der Waals surface area contributed by atoms with Crippen molar-refractivity contribution >= 4 is 11.8 Å². The Morgan fingerprint density at radius 1 is 1.23 bits per heavy atom. The van der Waals surface area contributed by atoms with Crippen molar-refractivity contribution in [3.63, 3.8) is 0 Å². The average molecular weight is 417 g/mol. The summed E-state index contributed by atoms with van der Waals surface area (Å²) in [6.07, 6.45) is 3.38. The van der Waals surface area contributed by atoms with Gasteiger partial charge in [-0.15, -0.1) is 0 Å². The molecule has 1 atom stereocenters. The number of ether oxygens (including phenoxy) is 1. The average Bonchev–Trinajstić information content (AvgIpc) is 3.53. The smallest absolute Gasteiger partial charge is 0.238 e. The molecule has 2 aliphatic rings. The number of carbonyl (C=O) groups excluding carboxylic acids is 2. The van der Waals surface area contributed by atoms with E-state index in [1.165, 1.54) is 5.56 Å². The van der Waals surface area contributed by atoms with Crippen LogP contribution < -0.4 is 10.5 Å². The first-order chi connectivity index (χ1) is 14.4. The molecule has 0 bridgehead atoms. The summed E-state index contributed by atoms with van der Waals surface area (Å²) in [5, 5.41) is 0. The lowest BCUT2D eigenvalue weighted by molar-refractivity contribution is -0.143. The van der Waals surface area contributed by atoms with Crippen LogP contribution in [0.1, 0.15) is 31.2 Å². The molecule has 3 rings (SSSR count). The predicted molar refractivity (Wildman–Crippen MR) is 117 cm³/mol. The predicted octanol–water partition coefficient (Wildman–Crippen LogP) is 1.56. The Morgan fingerprint density at radius 3 is 2.60 bits per heavy atom. The highest BCUT2D eigenvalue weighted by atomic mass is 16.5. The number of hydrogen-bond donors (Lipinski definition) is 1. The fraction of sp³-hybridized carbons (Fsp3) is 0.652. The topological polar surface area (TPSA) is 79.1 Å². The lowest BCUT2D eigenvalue weighted by atomic mass is 9.95. The van der Waals surface area contributed by atoms with Crippen LogP contribution in [0.5, 0.6) is 5.75 Å². The Bertz CT molecular complexity index is 748. The molecule has 1 saturated heterocycles. The summed E-state index contributed by atoms with van der Waals surface area (Å²) < 4.78 is 5.50. The molecule has 2 fully saturated rings. The Morgan fingerprint density at radius 2 is 1.97 bits per heavy atom. The van der Waals surface area contributed by atoms with Gasteiger partial charge in [0.1, 0.15) is 11.2 Å². The minimum absolute atomic E-state index is 0.0706. The minimum Gasteiger partial charge on any atom is -0.496 e. The highest BCUT2D eigenvalue weighted by Gasteiger charge is 2.57. The second-order valence-electron chi connectivity index (χ2n) is 9.06. The van der Waals surface area contributed by atoms with Crippen molar-refractivity contribution < 1.29 is 14.3 Å². The summed E-state index contributed by atoms with van der Waals surface area (Å²) in [6, 6.07) is 8.14. The third-order valence-corrected chi connectivity index (χ3v) is 6.40. The van der Waals surface area contributed by atoms with Crippen LogP contribution >= 0.6 is 0 Å². The quantitative estimate of drug-likeness (QED) is 0.586. The Kier molecular flexibility index (Phi) is 7.36. The number of likely N-dealkylation sites (tertiary alicyclic amines) is 1. The van der Waals surface area contributed by atoms with E-state index in [9.17, 15) is 9.59 Å². The van der Waals surface area contributed by atoms with Gasteiger partial charge in [0.15, 0.2) is 0 Å². The van der Waals surface area contributed by atoms with E-state index in [1.54, 1.807) is 7.11 Å². The molecule has 1 heterocycles. The molecule has 7 nitrogen and oxygen atoms in total. The zero-order chi connectivity index (χ0) is 21.7. The van der Waals surface area contributed by atoms with Crippen LogP contribution in [0.15, 0.2) is 24.3 Å². The largest absolute Gasteiger partial charge is 0.496 e. The van der Waals surface area contributed by atoms with Crippen LogP contribution in [0.2, 0.25) is 0 Å². The Hall–Kier alpha value is -2.12. The van der Waals surface area contributed by atoms with E-state index >= 15 is 0 Å². The molecule has 2 N–H and O–H groups in total. The number of nitrogens with two attached hydrogens (primary N) is 1. The normalized spacial score (nSPS) is 20.7. The van der Waals surface area contributed by atoms with E-state index in [2.05, 4.69) is 15.9 Å². The van der Waals surface area contributed by atoms with Gasteiger partial charge >= 0.3 is 0 Å². The van der Waals surface area contributed by atoms with Crippen molar-refractivity contribution in [3.8, 4) is 5.75 Å². The molecule has 30 heavy (non-hydrogen) atoms. The van der Waals surface area contributed by atoms with Gasteiger partial charge in [0, 0.05) is 38.3 Å². The van der Waals surface area contributed by atoms with E-state index in [-0.39, 0.29) is 5.91 Å². The number of carbonyl (C=O) groups is 2. The maximum atomic E-state index is 13.2. The number of methoxy groups -OCH3 is 1. The van der Waals surface area contributed by atoms with E-state index in [0.29, 0.717) is 31.8 Å². The number of para-hydroxylation sites is 1. The van der Waals surface area contributed by atoms with Gasteiger partial charge in [-0.05, 0) is 58.3 Å². The standard InChI is InChI=1S/C23H36N4O3/c1-25(2)13-14-27(22(29)23(10-11-23)21(24)28)16-18-7-6-12-26(15-18)17-19-8-4-5-9-20(19)30-3/h4-5,8-9,18H,6-7,10-17H2,1-3H3,(H2,24,28). The molecule has 1 saturated carbocycles. The summed E-state index contributed by atoms with van der Waals surface area (Å²) in [5.74, 6) is 0.769. The van der Waals surface area contributed by atoms with Crippen LogP contribution in [0, 0.1) is 11.3 Å². The molecule has 1 aromatic rings. The van der Waals surface area contributed by atoms with Crippen molar-refractivity contribution in [3.05, 3.63) is 29.8 Å². The van der Waals surface area contributed by atoms with Gasteiger partial charge in [-0.2, -0.15) is 0 Å². The second kappa shape index (κ2) is 9.79. The van der Waals surface area contributed by atoms with Crippen molar-refractivity contribution in [1.82, 2.24) is 14.7 Å². The van der Waals surface area contributed by atoms with E-state index in [1.807, 2.05) is 37.2 Å². The number of likely N-dealkylation sites (N-methyl/N-ethyl adjacent to an activating group) is 1. The maximum Gasteiger partial charge on any atom is 0.238 e. The van der Waals surface area contributed by atoms with E-state index < -0.39 is 11.3 Å². The number of nitrogens with zero attached hydrogens (tertiary/aromatic N) is 3. The molecule has 166 valence electrons. The first kappa shape index (κ1) is 22.6. The zero-order valence-corrected chi connectivity index (χ0v) is 18.6. The van der Waals surface area contributed by atoms with Crippen molar-refractivity contribution in [2.24, 2.45) is 17.1 Å². The summed E-state index contributed by atoms with van der Waals surface area (Å²) in [5.41, 5.74) is 5.82. The van der Waals surface area contributed by atoms with E-state index in [4.69, 9.17) is 10.5 Å². The van der Waals surface area contributed by atoms with Gasteiger partial charge in [0.2, 0.25) is 11.8 Å². The fourth-order valence-corrected chi connectivity index (χ4v) is 4.42. The molecule has 2 amide bonds. The van der Waals surface area contributed by atoms with Crippen LogP contribution in [0.3, 0.4) is 0 Å². The Balaban J connectivity index is 1.65. The number of rotatable bonds is 10. The molecular formula is C23H36N4O3. The number of amides is 2. The summed E-state index contributed by atoms with van der Waals surface area (Å²) in [6.45, 7) is 4.92. The third kappa shape index (κ3) is 5.32. The van der Waals surface area contributed by atoms with Crippen molar-refractivity contribution in [2.75, 3.05) is 53.9 Å². The lowest BCUT2D eigenvalue weighted by Crippen LogP contribution is -2.49. The maximum absolute atomic E-state index is 13.2. The van der Waals surface area contributed by atoms with Crippen LogP contribution in [0.25, 0.3) is 0 Å². The molecule has 0 spiro atoms. The zero-order valence-electron chi connectivity index (χ0n) is 18.6. The number of primary amides is 1. The fourth-order valence-electron chi connectivity index (χ4n) is 4.42. The second-order valence-corrected chi connectivity index (χ2v) is 9.06. The van der Waals surface area contributed by atoms with Gasteiger partial charge in [-0.3, -0.25) is 14.5 Å². The SMILES string of the molecule is COc1ccccc1CN1CCCC(CN(CCN(C)C)C(=O)C2(C(N)=O)CC2)C1. The van der Waals surface area contributed by atoms with Gasteiger partial charge in [0.05, 0.1) is 7.11 Å². The number of benzene rings is 1. The van der Waals surface area contributed by atoms with Gasteiger partial charge in [-0.1, -0.05) is 18.2 Å². The van der Waals surface area contributed by atoms with Crippen molar-refractivity contribution in [2.45, 2.75) is 32.2 Å². The number of hydrogen-bond acceptors (Lipinski definition) is 5. The molecule has 0 radical (unpaired) electrons. The summed E-state index contributed by atoms with van der Waals surface area (Å²) in [7, 11) is 5.71. The third-order valence-electron chi connectivity index (χ3n) is 6.40. The van der Waals surface area contributed by atoms with Crippen molar-refractivity contribution in [1.29, 1.82) is 0 Å². The molecule has 7 heteroatoms. The van der Waals surface area contributed by atoms with Gasteiger partial charge in [0.25, 0.3) is 0 Å². The molecule has 1 unspecified atom stereocenters. The van der Waals surface area contributed by atoms with Gasteiger partial charge < -0.3 is 20.3 Å². The first-order valence-corrected chi connectivity index (χ1v) is 10.9. The molecular weight excluding hydrogens is 380 g/mol. The molecule has 1 aliphatic heterocycles. The minimum atomic E-state index is -0.946. The highest BCUT2D eigenvalue weighted by molar-refractivity contribution is 6.07. The van der Waals surface area contributed by atoms with Crippen LogP contribution in [0.4, 0.5) is 0 Å². The highest BCUT2D eigenvalue weighted by Crippen LogP contribution is 2.47. The van der Waals surface area contributed by atoms with E-state index in [0.717, 1.165) is 44.8 Å². The lowest BCUT2D eigenvalue weighted by Gasteiger charge is -2.37.